The fraction of sp³-hybridized carbons (Fsp3) is 0.273. The molecule has 0 fully saturated rings. The zero-order valence-corrected chi connectivity index (χ0v) is 9.62. The number of hydrogen-bond donors (Lipinski definition) is 0. The predicted molar refractivity (Wildman–Crippen MR) is 59.8 cm³/mol. The average Bonchev–Trinajstić information content (AvgIpc) is 2.73. The van der Waals surface area contributed by atoms with Crippen LogP contribution in [0.15, 0.2) is 24.4 Å². The van der Waals surface area contributed by atoms with Gasteiger partial charge in [0.1, 0.15) is 5.82 Å². The van der Waals surface area contributed by atoms with Gasteiger partial charge in [0.05, 0.1) is 6.61 Å². The molecule has 0 saturated carbocycles. The minimum atomic E-state index is -0.523. The first-order valence-electron chi connectivity index (χ1n) is 5.24. The van der Waals surface area contributed by atoms with Gasteiger partial charge in [-0.2, -0.15) is 4.68 Å². The quantitative estimate of drug-likeness (QED) is 0.742. The number of aryl methyl sites for hydroxylation is 1. The van der Waals surface area contributed by atoms with Crippen LogP contribution in [0.5, 0.6) is 0 Å². The molecule has 0 aliphatic carbocycles. The molecule has 0 atom stereocenters. The van der Waals surface area contributed by atoms with Crippen LogP contribution in [0.3, 0.4) is 0 Å². The highest BCUT2D eigenvalue weighted by atomic mass is 16.5. The van der Waals surface area contributed by atoms with Crippen molar-refractivity contribution in [3.8, 4) is 5.82 Å². The zero-order valence-electron chi connectivity index (χ0n) is 9.62. The first-order chi connectivity index (χ1) is 8.22. The summed E-state index contributed by atoms with van der Waals surface area (Å²) in [6.07, 6.45) is 1.65. The Kier molecular flexibility index (Phi) is 3.13. The minimum Gasteiger partial charge on any atom is -0.460 e. The van der Waals surface area contributed by atoms with E-state index in [9.17, 15) is 4.79 Å². The Labute approximate surface area is 98.3 Å². The van der Waals surface area contributed by atoms with E-state index in [4.69, 9.17) is 4.74 Å². The minimum absolute atomic E-state index is 0.0509. The Hall–Kier alpha value is -2.24. The third-order valence-corrected chi connectivity index (χ3v) is 2.09. The molecule has 0 aliphatic heterocycles. The van der Waals surface area contributed by atoms with E-state index in [0.717, 1.165) is 0 Å². The summed E-state index contributed by atoms with van der Waals surface area (Å²) in [4.78, 5) is 19.6. The highest BCUT2D eigenvalue weighted by Gasteiger charge is 2.16. The number of carbonyl (C=O) groups is 1. The van der Waals surface area contributed by atoms with Crippen LogP contribution in [-0.4, -0.2) is 32.3 Å². The Morgan fingerprint density at radius 1 is 1.47 bits per heavy atom. The van der Waals surface area contributed by atoms with Crippen LogP contribution in [0, 0.1) is 6.92 Å². The summed E-state index contributed by atoms with van der Waals surface area (Å²) in [6, 6.07) is 5.44. The molecule has 0 amide bonds. The molecule has 2 rings (SSSR count). The standard InChI is InChI=1S/C11H12N4O2/c1-3-17-11(16)10-13-8(2)15(14-10)9-6-4-5-7-12-9/h4-7H,3H2,1-2H3. The number of aromatic nitrogens is 4. The molecule has 6 heteroatoms. The Morgan fingerprint density at radius 2 is 2.29 bits per heavy atom. The maximum absolute atomic E-state index is 11.5. The van der Waals surface area contributed by atoms with Gasteiger partial charge >= 0.3 is 5.97 Å². The fourth-order valence-corrected chi connectivity index (χ4v) is 1.37. The Morgan fingerprint density at radius 3 is 2.94 bits per heavy atom. The number of rotatable bonds is 3. The van der Waals surface area contributed by atoms with Crippen LogP contribution in [0.2, 0.25) is 0 Å². The fourth-order valence-electron chi connectivity index (χ4n) is 1.37. The molecular formula is C11H12N4O2. The smallest absolute Gasteiger partial charge is 0.378 e. The lowest BCUT2D eigenvalue weighted by molar-refractivity contribution is 0.0512. The summed E-state index contributed by atoms with van der Waals surface area (Å²) in [5, 5.41) is 4.07. The second-order valence-electron chi connectivity index (χ2n) is 3.30. The van der Waals surface area contributed by atoms with Crippen LogP contribution in [0.4, 0.5) is 0 Å². The van der Waals surface area contributed by atoms with Gasteiger partial charge in [0.2, 0.25) is 0 Å². The molecular weight excluding hydrogens is 220 g/mol. The van der Waals surface area contributed by atoms with E-state index >= 15 is 0 Å². The van der Waals surface area contributed by atoms with Gasteiger partial charge in [-0.3, -0.25) is 0 Å². The summed E-state index contributed by atoms with van der Waals surface area (Å²) >= 11 is 0. The molecule has 0 aliphatic rings. The summed E-state index contributed by atoms with van der Waals surface area (Å²) in [7, 11) is 0. The summed E-state index contributed by atoms with van der Waals surface area (Å²) in [5.41, 5.74) is 0. The van der Waals surface area contributed by atoms with Crippen LogP contribution in [-0.2, 0) is 4.74 Å². The van der Waals surface area contributed by atoms with Gasteiger partial charge < -0.3 is 4.74 Å². The lowest BCUT2D eigenvalue weighted by Gasteiger charge is -1.99. The van der Waals surface area contributed by atoms with E-state index in [1.54, 1.807) is 26.1 Å². The Bertz CT molecular complexity index is 522. The molecule has 0 aromatic carbocycles. The second kappa shape index (κ2) is 4.73. The van der Waals surface area contributed by atoms with Crippen molar-refractivity contribution >= 4 is 5.97 Å². The second-order valence-corrected chi connectivity index (χ2v) is 3.30. The van der Waals surface area contributed by atoms with E-state index < -0.39 is 5.97 Å². The van der Waals surface area contributed by atoms with Gasteiger partial charge in [-0.25, -0.2) is 14.8 Å². The maximum Gasteiger partial charge on any atom is 0.378 e. The molecule has 6 nitrogen and oxygen atoms in total. The highest BCUT2D eigenvalue weighted by molar-refractivity contribution is 5.85. The van der Waals surface area contributed by atoms with Crippen LogP contribution in [0.1, 0.15) is 23.4 Å². The van der Waals surface area contributed by atoms with Gasteiger partial charge in [-0.1, -0.05) is 6.07 Å². The van der Waals surface area contributed by atoms with Gasteiger partial charge in [0.15, 0.2) is 5.82 Å². The van der Waals surface area contributed by atoms with Crippen molar-refractivity contribution < 1.29 is 9.53 Å². The van der Waals surface area contributed by atoms with Gasteiger partial charge in [0.25, 0.3) is 5.82 Å². The van der Waals surface area contributed by atoms with Gasteiger partial charge in [-0.05, 0) is 26.0 Å². The molecule has 0 bridgehead atoms. The number of esters is 1. The van der Waals surface area contributed by atoms with E-state index in [0.29, 0.717) is 18.2 Å². The van der Waals surface area contributed by atoms with Gasteiger partial charge in [0, 0.05) is 6.20 Å². The van der Waals surface area contributed by atoms with Crippen LogP contribution < -0.4 is 0 Å². The average molecular weight is 232 g/mol. The van der Waals surface area contributed by atoms with Crippen molar-refractivity contribution in [3.63, 3.8) is 0 Å². The first kappa shape index (κ1) is 11.3. The van der Waals surface area contributed by atoms with E-state index in [2.05, 4.69) is 15.1 Å². The Balaban J connectivity index is 2.35. The number of nitrogens with zero attached hydrogens (tertiary/aromatic N) is 4. The number of pyridine rings is 1. The van der Waals surface area contributed by atoms with Crippen molar-refractivity contribution in [2.24, 2.45) is 0 Å². The van der Waals surface area contributed by atoms with E-state index in [1.807, 2.05) is 12.1 Å². The molecule has 17 heavy (non-hydrogen) atoms. The SMILES string of the molecule is CCOC(=O)c1nc(C)n(-c2ccccn2)n1. The summed E-state index contributed by atoms with van der Waals surface area (Å²) in [6.45, 7) is 3.79. The molecule has 88 valence electrons. The molecule has 0 spiro atoms. The molecule has 0 N–H and O–H groups in total. The molecule has 0 saturated heterocycles. The zero-order chi connectivity index (χ0) is 12.3. The maximum atomic E-state index is 11.5. The lowest BCUT2D eigenvalue weighted by Crippen LogP contribution is -2.08. The third-order valence-electron chi connectivity index (χ3n) is 2.09. The number of carbonyl (C=O) groups excluding carboxylic acids is 1. The topological polar surface area (TPSA) is 69.9 Å². The highest BCUT2D eigenvalue weighted by Crippen LogP contribution is 2.06. The van der Waals surface area contributed by atoms with E-state index in [1.165, 1.54) is 4.68 Å². The number of ether oxygens (including phenoxy) is 1. The van der Waals surface area contributed by atoms with Crippen molar-refractivity contribution in [1.29, 1.82) is 0 Å². The van der Waals surface area contributed by atoms with Gasteiger partial charge in [-0.15, -0.1) is 5.10 Å². The van der Waals surface area contributed by atoms with Crippen LogP contribution in [0.25, 0.3) is 5.82 Å². The molecule has 0 radical (unpaired) electrons. The largest absolute Gasteiger partial charge is 0.460 e. The molecule has 2 heterocycles. The van der Waals surface area contributed by atoms with Crippen molar-refractivity contribution in [1.82, 2.24) is 19.7 Å². The van der Waals surface area contributed by atoms with E-state index in [-0.39, 0.29) is 5.82 Å². The molecule has 2 aromatic rings. The third kappa shape index (κ3) is 2.30. The predicted octanol–water partition coefficient (Wildman–Crippen LogP) is 1.15. The monoisotopic (exact) mass is 232 g/mol. The van der Waals surface area contributed by atoms with Crippen molar-refractivity contribution in [3.05, 3.63) is 36.0 Å². The molecule has 2 aromatic heterocycles. The number of hydrogen-bond acceptors (Lipinski definition) is 5. The van der Waals surface area contributed by atoms with Crippen molar-refractivity contribution in [2.75, 3.05) is 6.61 Å². The molecule has 0 unspecified atom stereocenters. The normalized spacial score (nSPS) is 10.2. The summed E-state index contributed by atoms with van der Waals surface area (Å²) < 4.78 is 6.34. The summed E-state index contributed by atoms with van der Waals surface area (Å²) in [5.74, 6) is 0.736. The lowest BCUT2D eigenvalue weighted by atomic mass is 10.4. The van der Waals surface area contributed by atoms with Crippen LogP contribution >= 0.6 is 0 Å². The first-order valence-corrected chi connectivity index (χ1v) is 5.24. The van der Waals surface area contributed by atoms with Crippen molar-refractivity contribution in [2.45, 2.75) is 13.8 Å².